The normalized spacial score (nSPS) is 15.9. The van der Waals surface area contributed by atoms with Crippen molar-refractivity contribution < 1.29 is 13.9 Å². The van der Waals surface area contributed by atoms with Crippen LogP contribution in [0.4, 0.5) is 4.39 Å². The first-order valence-corrected chi connectivity index (χ1v) is 6.32. The summed E-state index contributed by atoms with van der Waals surface area (Å²) in [5, 5.41) is 0. The number of likely N-dealkylation sites (tertiary alicyclic amines) is 1. The van der Waals surface area contributed by atoms with Gasteiger partial charge in [-0.25, -0.2) is 4.39 Å². The van der Waals surface area contributed by atoms with Crippen LogP contribution in [-0.2, 0) is 0 Å². The monoisotopic (exact) mass is 251 g/mol. The molecule has 1 aliphatic heterocycles. The fourth-order valence-electron chi connectivity index (χ4n) is 2.20. The summed E-state index contributed by atoms with van der Waals surface area (Å²) in [5.41, 5.74) is 0.442. The molecule has 3 nitrogen and oxygen atoms in total. The molecular weight excluding hydrogens is 233 g/mol. The van der Waals surface area contributed by atoms with Crippen molar-refractivity contribution >= 4 is 5.78 Å². The van der Waals surface area contributed by atoms with Gasteiger partial charge in [0.25, 0.3) is 0 Å². The molecule has 1 aromatic carbocycles. The first-order chi connectivity index (χ1) is 8.66. The zero-order valence-electron chi connectivity index (χ0n) is 10.6. The summed E-state index contributed by atoms with van der Waals surface area (Å²) in [4.78, 5) is 13.7. The molecule has 4 heteroatoms. The highest BCUT2D eigenvalue weighted by atomic mass is 19.1. The second-order valence-electron chi connectivity index (χ2n) is 4.59. The minimum absolute atomic E-state index is 0.105. The largest absolute Gasteiger partial charge is 0.491 e. The summed E-state index contributed by atoms with van der Waals surface area (Å²) >= 11 is 0. The molecule has 0 saturated carbocycles. The van der Waals surface area contributed by atoms with Crippen LogP contribution in [0.3, 0.4) is 0 Å². The van der Waals surface area contributed by atoms with Crippen LogP contribution in [0.2, 0.25) is 0 Å². The summed E-state index contributed by atoms with van der Waals surface area (Å²) in [7, 11) is 0. The maximum Gasteiger partial charge on any atom is 0.163 e. The van der Waals surface area contributed by atoms with Crippen LogP contribution in [0.25, 0.3) is 0 Å². The van der Waals surface area contributed by atoms with Gasteiger partial charge in [0.1, 0.15) is 18.2 Å². The molecule has 2 rings (SSSR count). The molecule has 18 heavy (non-hydrogen) atoms. The number of hydrogen-bond acceptors (Lipinski definition) is 3. The fourth-order valence-corrected chi connectivity index (χ4v) is 2.20. The quantitative estimate of drug-likeness (QED) is 0.753. The topological polar surface area (TPSA) is 29.5 Å². The van der Waals surface area contributed by atoms with E-state index in [4.69, 9.17) is 4.74 Å². The summed E-state index contributed by atoms with van der Waals surface area (Å²) in [6.45, 7) is 4.98. The zero-order valence-corrected chi connectivity index (χ0v) is 10.6. The van der Waals surface area contributed by atoms with Crippen molar-refractivity contribution in [1.82, 2.24) is 4.90 Å². The van der Waals surface area contributed by atoms with Crippen LogP contribution in [0.15, 0.2) is 18.2 Å². The first-order valence-electron chi connectivity index (χ1n) is 6.32. The Bertz CT molecular complexity index is 428. The number of benzene rings is 1. The Morgan fingerprint density at radius 1 is 1.39 bits per heavy atom. The molecule has 0 spiro atoms. The number of nitrogens with zero attached hydrogens (tertiary/aromatic N) is 1. The lowest BCUT2D eigenvalue weighted by Gasteiger charge is -2.16. The Kier molecular flexibility index (Phi) is 4.31. The minimum atomic E-state index is -0.379. The standard InChI is InChI=1S/C14H18FNO2/c1-11(17)13-5-4-12(15)10-14(13)18-9-8-16-6-2-3-7-16/h4-5,10H,2-3,6-9H2,1H3. The lowest BCUT2D eigenvalue weighted by atomic mass is 10.1. The number of carbonyl (C=O) groups excluding carboxylic acids is 1. The highest BCUT2D eigenvalue weighted by Crippen LogP contribution is 2.20. The second kappa shape index (κ2) is 5.96. The number of Topliss-reactive ketones (excluding diaryl/α,β-unsaturated/α-hetero) is 1. The maximum atomic E-state index is 13.1. The van der Waals surface area contributed by atoms with Gasteiger partial charge in [-0.05, 0) is 45.0 Å². The van der Waals surface area contributed by atoms with Crippen molar-refractivity contribution in [3.63, 3.8) is 0 Å². The van der Waals surface area contributed by atoms with E-state index in [-0.39, 0.29) is 11.6 Å². The molecule has 0 unspecified atom stereocenters. The van der Waals surface area contributed by atoms with Gasteiger partial charge in [-0.3, -0.25) is 9.69 Å². The van der Waals surface area contributed by atoms with E-state index in [1.807, 2.05) is 0 Å². The zero-order chi connectivity index (χ0) is 13.0. The Labute approximate surface area is 107 Å². The first kappa shape index (κ1) is 13.0. The van der Waals surface area contributed by atoms with Crippen molar-refractivity contribution in [1.29, 1.82) is 0 Å². The predicted octanol–water partition coefficient (Wildman–Crippen LogP) is 2.50. The second-order valence-corrected chi connectivity index (χ2v) is 4.59. The summed E-state index contributed by atoms with van der Waals surface area (Å²) in [6.07, 6.45) is 2.47. The average Bonchev–Trinajstić information content (AvgIpc) is 2.82. The Morgan fingerprint density at radius 3 is 2.78 bits per heavy atom. The van der Waals surface area contributed by atoms with Crippen molar-refractivity contribution in [3.8, 4) is 5.75 Å². The number of rotatable bonds is 5. The van der Waals surface area contributed by atoms with Gasteiger partial charge >= 0.3 is 0 Å². The van der Waals surface area contributed by atoms with Gasteiger partial charge in [-0.1, -0.05) is 0 Å². The number of ether oxygens (including phenoxy) is 1. The molecule has 0 aromatic heterocycles. The number of halogens is 1. The third-order valence-electron chi connectivity index (χ3n) is 3.19. The highest BCUT2D eigenvalue weighted by molar-refractivity contribution is 5.96. The van der Waals surface area contributed by atoms with Crippen LogP contribution in [0, 0.1) is 5.82 Å². The van der Waals surface area contributed by atoms with Gasteiger partial charge in [-0.15, -0.1) is 0 Å². The molecule has 0 atom stereocenters. The van der Waals surface area contributed by atoms with Gasteiger partial charge in [0.2, 0.25) is 0 Å². The molecule has 1 aliphatic rings. The van der Waals surface area contributed by atoms with Crippen LogP contribution in [-0.4, -0.2) is 36.9 Å². The fraction of sp³-hybridized carbons (Fsp3) is 0.500. The van der Waals surface area contributed by atoms with Crippen LogP contribution in [0.1, 0.15) is 30.1 Å². The van der Waals surface area contributed by atoms with Gasteiger partial charge in [-0.2, -0.15) is 0 Å². The Morgan fingerprint density at radius 2 is 2.11 bits per heavy atom. The summed E-state index contributed by atoms with van der Waals surface area (Å²) in [6, 6.07) is 4.04. The van der Waals surface area contributed by atoms with E-state index in [0.717, 1.165) is 19.6 Å². The van der Waals surface area contributed by atoms with Gasteiger partial charge in [0, 0.05) is 12.6 Å². The third kappa shape index (κ3) is 3.29. The number of ketones is 1. The van der Waals surface area contributed by atoms with E-state index in [1.165, 1.54) is 38.0 Å². The molecule has 98 valence electrons. The SMILES string of the molecule is CC(=O)c1ccc(F)cc1OCCN1CCCC1. The predicted molar refractivity (Wildman–Crippen MR) is 67.6 cm³/mol. The van der Waals surface area contributed by atoms with E-state index >= 15 is 0 Å². The lowest BCUT2D eigenvalue weighted by molar-refractivity contribution is 0.101. The summed E-state index contributed by atoms with van der Waals surface area (Å²) in [5.74, 6) is -0.135. The average molecular weight is 251 g/mol. The smallest absolute Gasteiger partial charge is 0.163 e. The molecule has 0 bridgehead atoms. The molecular formula is C14H18FNO2. The molecule has 1 saturated heterocycles. The highest BCUT2D eigenvalue weighted by Gasteiger charge is 2.13. The van der Waals surface area contributed by atoms with E-state index in [9.17, 15) is 9.18 Å². The lowest BCUT2D eigenvalue weighted by Crippen LogP contribution is -2.25. The number of carbonyl (C=O) groups is 1. The van der Waals surface area contributed by atoms with Crippen molar-refractivity contribution in [3.05, 3.63) is 29.6 Å². The third-order valence-corrected chi connectivity index (χ3v) is 3.19. The van der Waals surface area contributed by atoms with Gasteiger partial charge < -0.3 is 4.74 Å². The van der Waals surface area contributed by atoms with Gasteiger partial charge in [0.15, 0.2) is 5.78 Å². The summed E-state index contributed by atoms with van der Waals surface area (Å²) < 4.78 is 18.7. The molecule has 0 aliphatic carbocycles. The number of hydrogen-bond donors (Lipinski definition) is 0. The van der Waals surface area contributed by atoms with E-state index in [2.05, 4.69) is 4.90 Å². The Balaban J connectivity index is 1.94. The minimum Gasteiger partial charge on any atom is -0.491 e. The van der Waals surface area contributed by atoms with Gasteiger partial charge in [0.05, 0.1) is 5.56 Å². The molecule has 1 heterocycles. The van der Waals surface area contributed by atoms with E-state index in [0.29, 0.717) is 17.9 Å². The van der Waals surface area contributed by atoms with Crippen molar-refractivity contribution in [2.24, 2.45) is 0 Å². The maximum absolute atomic E-state index is 13.1. The van der Waals surface area contributed by atoms with Crippen LogP contribution >= 0.6 is 0 Å². The molecule has 1 fully saturated rings. The van der Waals surface area contributed by atoms with Crippen LogP contribution < -0.4 is 4.74 Å². The Hall–Kier alpha value is -1.42. The molecule has 0 N–H and O–H groups in total. The molecule has 0 radical (unpaired) electrons. The molecule has 0 amide bonds. The van der Waals surface area contributed by atoms with Crippen molar-refractivity contribution in [2.45, 2.75) is 19.8 Å². The van der Waals surface area contributed by atoms with E-state index in [1.54, 1.807) is 0 Å². The van der Waals surface area contributed by atoms with Crippen molar-refractivity contribution in [2.75, 3.05) is 26.2 Å². The van der Waals surface area contributed by atoms with Crippen LogP contribution in [0.5, 0.6) is 5.75 Å². The molecule has 1 aromatic rings. The van der Waals surface area contributed by atoms with E-state index < -0.39 is 0 Å².